The van der Waals surface area contributed by atoms with Crippen molar-refractivity contribution in [2.75, 3.05) is 26.2 Å². The second-order valence-corrected chi connectivity index (χ2v) is 8.46. The minimum atomic E-state index is -0.295. The van der Waals surface area contributed by atoms with E-state index in [0.717, 1.165) is 11.1 Å². The van der Waals surface area contributed by atoms with Gasteiger partial charge in [-0.05, 0) is 29.8 Å². The molecule has 1 aromatic heterocycles. The number of piperazine rings is 1. The van der Waals surface area contributed by atoms with Gasteiger partial charge < -0.3 is 10.2 Å². The first-order chi connectivity index (χ1) is 17.2. The number of hydrogen-bond donors (Lipinski definition) is 1. The molecule has 0 spiro atoms. The third kappa shape index (κ3) is 4.39. The summed E-state index contributed by atoms with van der Waals surface area (Å²) in [5.74, 6) is -0.173. The molecule has 1 fully saturated rings. The van der Waals surface area contributed by atoms with E-state index in [0.29, 0.717) is 48.8 Å². The Morgan fingerprint density at radius 2 is 1.60 bits per heavy atom. The predicted octanol–water partition coefficient (Wildman–Crippen LogP) is 3.27. The summed E-state index contributed by atoms with van der Waals surface area (Å²) in [5.41, 5.74) is 3.40. The van der Waals surface area contributed by atoms with Crippen molar-refractivity contribution in [1.29, 1.82) is 5.26 Å². The van der Waals surface area contributed by atoms with Crippen molar-refractivity contribution in [3.8, 4) is 23.0 Å². The van der Waals surface area contributed by atoms with Crippen molar-refractivity contribution in [2.45, 2.75) is 6.54 Å². The Morgan fingerprint density at radius 3 is 2.29 bits per heavy atom. The normalized spacial score (nSPS) is 13.4. The van der Waals surface area contributed by atoms with E-state index in [1.165, 1.54) is 0 Å². The summed E-state index contributed by atoms with van der Waals surface area (Å²) in [6.07, 6.45) is 0. The van der Waals surface area contributed by atoms with Crippen LogP contribution in [0.2, 0.25) is 0 Å². The number of nitrogens with zero attached hydrogens (tertiary/aromatic N) is 4. The molecular formula is C28H25N5O2. The van der Waals surface area contributed by atoms with Crippen molar-refractivity contribution < 1.29 is 4.79 Å². The van der Waals surface area contributed by atoms with Crippen LogP contribution in [0.4, 0.5) is 0 Å². The molecule has 4 aromatic rings. The van der Waals surface area contributed by atoms with Gasteiger partial charge in [-0.2, -0.15) is 5.26 Å². The van der Waals surface area contributed by atoms with Crippen LogP contribution in [0, 0.1) is 11.3 Å². The topological polar surface area (TPSA) is 83.1 Å². The largest absolute Gasteiger partial charge is 0.335 e. The van der Waals surface area contributed by atoms with Gasteiger partial charge in [0.15, 0.2) is 0 Å². The number of carbonyl (C=O) groups is 1. The highest BCUT2D eigenvalue weighted by molar-refractivity contribution is 5.99. The van der Waals surface area contributed by atoms with Crippen LogP contribution in [0.15, 0.2) is 89.7 Å². The van der Waals surface area contributed by atoms with Crippen molar-refractivity contribution >= 4 is 5.91 Å². The Labute approximate surface area is 203 Å². The standard InChI is InChI=1S/C28H25N5O2/c29-19-21-8-7-9-22(18-21)20-32-26(27(34)31-16-14-30-15-17-31)25(23-10-3-1-4-11-23)33(28(32)35)24-12-5-2-6-13-24/h1-13,18,30H,14-17,20H2. The smallest absolute Gasteiger partial charge is 0.334 e. The lowest BCUT2D eigenvalue weighted by atomic mass is 10.1. The van der Waals surface area contributed by atoms with Crippen LogP contribution in [-0.2, 0) is 6.54 Å². The SMILES string of the molecule is N#Cc1cccc(Cn2c(C(=O)N3CCNCC3)c(-c3ccccc3)n(-c3ccccc3)c2=O)c1. The fourth-order valence-electron chi connectivity index (χ4n) is 4.53. The van der Waals surface area contributed by atoms with E-state index in [1.54, 1.807) is 32.2 Å². The monoisotopic (exact) mass is 463 g/mol. The first-order valence-corrected chi connectivity index (χ1v) is 11.6. The number of carbonyl (C=O) groups excluding carboxylic acids is 1. The molecule has 2 heterocycles. The third-order valence-corrected chi connectivity index (χ3v) is 6.21. The van der Waals surface area contributed by atoms with Gasteiger partial charge in [0.05, 0.1) is 29.6 Å². The van der Waals surface area contributed by atoms with Crippen LogP contribution < -0.4 is 11.0 Å². The van der Waals surface area contributed by atoms with Gasteiger partial charge in [-0.3, -0.25) is 13.9 Å². The van der Waals surface area contributed by atoms with E-state index in [-0.39, 0.29) is 18.1 Å². The van der Waals surface area contributed by atoms with Crippen LogP contribution in [0.1, 0.15) is 21.6 Å². The summed E-state index contributed by atoms with van der Waals surface area (Å²) >= 11 is 0. The number of aromatic nitrogens is 2. The first kappa shape index (κ1) is 22.4. The summed E-state index contributed by atoms with van der Waals surface area (Å²) < 4.78 is 3.18. The summed E-state index contributed by atoms with van der Waals surface area (Å²) in [7, 11) is 0. The maximum absolute atomic E-state index is 14.0. The van der Waals surface area contributed by atoms with Gasteiger partial charge in [-0.15, -0.1) is 0 Å². The quantitative estimate of drug-likeness (QED) is 0.493. The molecule has 0 unspecified atom stereocenters. The predicted molar refractivity (Wildman–Crippen MR) is 134 cm³/mol. The average molecular weight is 464 g/mol. The van der Waals surface area contributed by atoms with E-state index >= 15 is 0 Å². The zero-order valence-electron chi connectivity index (χ0n) is 19.2. The zero-order valence-corrected chi connectivity index (χ0v) is 19.2. The molecule has 1 N–H and O–H groups in total. The number of benzene rings is 3. The summed E-state index contributed by atoms with van der Waals surface area (Å²) in [4.78, 5) is 29.8. The lowest BCUT2D eigenvalue weighted by Gasteiger charge is -2.28. The molecule has 1 aliphatic heterocycles. The van der Waals surface area contributed by atoms with Crippen LogP contribution >= 0.6 is 0 Å². The Hall–Kier alpha value is -4.41. The fraction of sp³-hybridized carbons (Fsp3) is 0.179. The highest BCUT2D eigenvalue weighted by Gasteiger charge is 2.30. The minimum Gasteiger partial charge on any atom is -0.335 e. The molecule has 174 valence electrons. The highest BCUT2D eigenvalue weighted by atomic mass is 16.2. The van der Waals surface area contributed by atoms with Gasteiger partial charge in [0.2, 0.25) is 0 Å². The number of rotatable bonds is 5. The highest BCUT2D eigenvalue weighted by Crippen LogP contribution is 2.28. The molecule has 0 saturated carbocycles. The van der Waals surface area contributed by atoms with Crippen LogP contribution in [0.5, 0.6) is 0 Å². The first-order valence-electron chi connectivity index (χ1n) is 11.6. The van der Waals surface area contributed by atoms with E-state index < -0.39 is 0 Å². The second kappa shape index (κ2) is 9.84. The molecule has 1 aliphatic rings. The molecular weight excluding hydrogens is 438 g/mol. The summed E-state index contributed by atoms with van der Waals surface area (Å²) in [5, 5.41) is 12.6. The molecule has 3 aromatic carbocycles. The van der Waals surface area contributed by atoms with E-state index in [4.69, 9.17) is 0 Å². The Bertz CT molecular complexity index is 1440. The third-order valence-electron chi connectivity index (χ3n) is 6.21. The fourth-order valence-corrected chi connectivity index (χ4v) is 4.53. The molecule has 1 amide bonds. The second-order valence-electron chi connectivity index (χ2n) is 8.46. The molecule has 0 bridgehead atoms. The molecule has 5 rings (SSSR count). The molecule has 7 heteroatoms. The van der Waals surface area contributed by atoms with Gasteiger partial charge in [0.1, 0.15) is 5.69 Å². The Kier molecular flexibility index (Phi) is 6.29. The van der Waals surface area contributed by atoms with Gasteiger partial charge >= 0.3 is 5.69 Å². The number of amides is 1. The van der Waals surface area contributed by atoms with Gasteiger partial charge in [0.25, 0.3) is 5.91 Å². The Balaban J connectivity index is 1.78. The molecule has 1 saturated heterocycles. The van der Waals surface area contributed by atoms with Crippen molar-refractivity contribution in [3.05, 3.63) is 112 Å². The zero-order chi connectivity index (χ0) is 24.2. The van der Waals surface area contributed by atoms with Gasteiger partial charge in [-0.25, -0.2) is 4.79 Å². The average Bonchev–Trinajstić information content (AvgIpc) is 3.21. The number of imidazole rings is 1. The summed E-state index contributed by atoms with van der Waals surface area (Å²) in [6, 6.07) is 28.2. The molecule has 0 aliphatic carbocycles. The van der Waals surface area contributed by atoms with E-state index in [2.05, 4.69) is 11.4 Å². The van der Waals surface area contributed by atoms with Gasteiger partial charge in [-0.1, -0.05) is 60.7 Å². The number of hydrogen-bond acceptors (Lipinski definition) is 4. The van der Waals surface area contributed by atoms with Crippen LogP contribution in [-0.4, -0.2) is 46.1 Å². The summed E-state index contributed by atoms with van der Waals surface area (Å²) in [6.45, 7) is 2.74. The maximum atomic E-state index is 14.0. The molecule has 35 heavy (non-hydrogen) atoms. The maximum Gasteiger partial charge on any atom is 0.334 e. The van der Waals surface area contributed by atoms with Crippen molar-refractivity contribution in [3.63, 3.8) is 0 Å². The van der Waals surface area contributed by atoms with Crippen molar-refractivity contribution in [2.24, 2.45) is 0 Å². The lowest BCUT2D eigenvalue weighted by Crippen LogP contribution is -2.47. The van der Waals surface area contributed by atoms with E-state index in [1.807, 2.05) is 66.7 Å². The minimum absolute atomic E-state index is 0.173. The lowest BCUT2D eigenvalue weighted by molar-refractivity contribution is 0.0726. The van der Waals surface area contributed by atoms with Crippen molar-refractivity contribution in [1.82, 2.24) is 19.4 Å². The number of para-hydroxylation sites is 1. The van der Waals surface area contributed by atoms with Crippen LogP contribution in [0.25, 0.3) is 16.9 Å². The molecule has 7 nitrogen and oxygen atoms in total. The molecule has 0 atom stereocenters. The van der Waals surface area contributed by atoms with E-state index in [9.17, 15) is 14.9 Å². The Morgan fingerprint density at radius 1 is 0.914 bits per heavy atom. The molecule has 0 radical (unpaired) electrons. The van der Waals surface area contributed by atoms with Crippen LogP contribution in [0.3, 0.4) is 0 Å². The number of nitrogens with one attached hydrogen (secondary N) is 1. The number of nitriles is 1. The van der Waals surface area contributed by atoms with Gasteiger partial charge in [0, 0.05) is 31.7 Å².